The largest absolute Gasteiger partial charge is 0.398 e. The van der Waals surface area contributed by atoms with Crippen LogP contribution >= 0.6 is 0 Å². The number of hydrogen-bond acceptors (Lipinski definition) is 4. The summed E-state index contributed by atoms with van der Waals surface area (Å²) in [4.78, 5) is 18.8. The van der Waals surface area contributed by atoms with Gasteiger partial charge in [-0.15, -0.1) is 0 Å². The Morgan fingerprint density at radius 1 is 1.43 bits per heavy atom. The van der Waals surface area contributed by atoms with Crippen molar-refractivity contribution in [2.45, 2.75) is 12.8 Å². The number of amides is 1. The molecule has 1 atom stereocenters. The third-order valence-electron chi connectivity index (χ3n) is 4.08. The third-order valence-corrected chi connectivity index (χ3v) is 4.08. The maximum atomic E-state index is 12.5. The Morgan fingerprint density at radius 3 is 3.05 bits per heavy atom. The molecule has 0 saturated carbocycles. The summed E-state index contributed by atoms with van der Waals surface area (Å²) in [5.74, 6) is 0.310. The Bertz CT molecular complexity index is 672. The monoisotopic (exact) mass is 285 g/mol. The van der Waals surface area contributed by atoms with Crippen LogP contribution in [0.4, 0.5) is 5.69 Å². The number of fused-ring (bicyclic) bond motifs is 1. The van der Waals surface area contributed by atoms with Gasteiger partial charge in [-0.1, -0.05) is 18.2 Å². The van der Waals surface area contributed by atoms with Gasteiger partial charge in [0.2, 0.25) is 0 Å². The van der Waals surface area contributed by atoms with E-state index in [4.69, 9.17) is 10.8 Å². The lowest BCUT2D eigenvalue weighted by molar-refractivity contribution is 0.0779. The van der Waals surface area contributed by atoms with Gasteiger partial charge in [0, 0.05) is 30.8 Å². The molecule has 5 nitrogen and oxygen atoms in total. The summed E-state index contributed by atoms with van der Waals surface area (Å²) in [6.07, 6.45) is 1.69. The molecule has 0 spiro atoms. The number of nitrogens with zero attached hydrogens (tertiary/aromatic N) is 2. The fourth-order valence-corrected chi connectivity index (χ4v) is 2.91. The van der Waals surface area contributed by atoms with Crippen molar-refractivity contribution in [2.75, 3.05) is 25.4 Å². The first-order valence-electron chi connectivity index (χ1n) is 7.24. The van der Waals surface area contributed by atoms with Crippen LogP contribution in [0.2, 0.25) is 0 Å². The lowest BCUT2D eigenvalue weighted by Crippen LogP contribution is -2.29. The van der Waals surface area contributed by atoms with Gasteiger partial charge in [0.05, 0.1) is 5.52 Å². The molecule has 0 radical (unpaired) electrons. The van der Waals surface area contributed by atoms with Gasteiger partial charge in [-0.05, 0) is 30.9 Å². The Morgan fingerprint density at radius 2 is 2.24 bits per heavy atom. The fraction of sp³-hybridized carbons (Fsp3) is 0.375. The van der Waals surface area contributed by atoms with E-state index in [0.29, 0.717) is 23.8 Å². The number of nitrogen functional groups attached to an aromatic ring is 1. The van der Waals surface area contributed by atoms with Gasteiger partial charge >= 0.3 is 0 Å². The number of pyridine rings is 1. The molecule has 1 aliphatic rings. The number of hydrogen-bond donors (Lipinski definition) is 2. The first-order chi connectivity index (χ1) is 10.2. The second-order valence-corrected chi connectivity index (χ2v) is 5.53. The maximum absolute atomic E-state index is 12.5. The quantitative estimate of drug-likeness (QED) is 0.899. The van der Waals surface area contributed by atoms with E-state index in [1.165, 1.54) is 0 Å². The van der Waals surface area contributed by atoms with Crippen LogP contribution < -0.4 is 5.73 Å². The number of aliphatic hydroxyl groups is 1. The average molecular weight is 285 g/mol. The van der Waals surface area contributed by atoms with Crippen molar-refractivity contribution in [3.8, 4) is 0 Å². The molecular formula is C16H19N3O2. The molecule has 3 rings (SSSR count). The summed E-state index contributed by atoms with van der Waals surface area (Å²) in [6, 6.07) is 9.21. The normalized spacial score (nSPS) is 18.3. The van der Waals surface area contributed by atoms with E-state index < -0.39 is 0 Å². The predicted octanol–water partition coefficient (Wildman–Crippen LogP) is 1.66. The molecule has 1 fully saturated rings. The van der Waals surface area contributed by atoms with Crippen molar-refractivity contribution in [3.05, 3.63) is 36.0 Å². The summed E-state index contributed by atoms with van der Waals surface area (Å²) in [7, 11) is 0. The number of nitrogens with two attached hydrogens (primary N) is 1. The highest BCUT2D eigenvalue weighted by Crippen LogP contribution is 2.24. The molecule has 1 saturated heterocycles. The van der Waals surface area contributed by atoms with Gasteiger partial charge in [0.1, 0.15) is 5.69 Å². The molecule has 0 aliphatic carbocycles. The smallest absolute Gasteiger partial charge is 0.272 e. The van der Waals surface area contributed by atoms with Crippen LogP contribution in [0.5, 0.6) is 0 Å². The van der Waals surface area contributed by atoms with Crippen molar-refractivity contribution < 1.29 is 9.90 Å². The summed E-state index contributed by atoms with van der Waals surface area (Å²) in [5, 5.41) is 9.86. The van der Waals surface area contributed by atoms with Crippen LogP contribution in [0.15, 0.2) is 30.3 Å². The highest BCUT2D eigenvalue weighted by molar-refractivity contribution is 5.99. The number of benzene rings is 1. The molecule has 5 heteroatoms. The van der Waals surface area contributed by atoms with Crippen molar-refractivity contribution in [1.82, 2.24) is 9.88 Å². The van der Waals surface area contributed by atoms with Crippen LogP contribution in [-0.2, 0) is 0 Å². The van der Waals surface area contributed by atoms with E-state index >= 15 is 0 Å². The third kappa shape index (κ3) is 2.69. The molecule has 1 aliphatic heterocycles. The van der Waals surface area contributed by atoms with Gasteiger partial charge in [-0.25, -0.2) is 4.98 Å². The number of aliphatic hydroxyl groups excluding tert-OH is 1. The van der Waals surface area contributed by atoms with Crippen molar-refractivity contribution in [1.29, 1.82) is 0 Å². The highest BCUT2D eigenvalue weighted by atomic mass is 16.3. The van der Waals surface area contributed by atoms with E-state index in [9.17, 15) is 4.79 Å². The molecule has 2 heterocycles. The number of likely N-dealkylation sites (tertiary alicyclic amines) is 1. The van der Waals surface area contributed by atoms with E-state index in [1.54, 1.807) is 11.0 Å². The molecule has 1 unspecified atom stereocenters. The minimum absolute atomic E-state index is 0.0760. The van der Waals surface area contributed by atoms with Gasteiger partial charge in [0.25, 0.3) is 5.91 Å². The fourth-order valence-electron chi connectivity index (χ4n) is 2.91. The molecule has 21 heavy (non-hydrogen) atoms. The van der Waals surface area contributed by atoms with Crippen LogP contribution in [0.25, 0.3) is 10.9 Å². The predicted molar refractivity (Wildman–Crippen MR) is 81.9 cm³/mol. The first kappa shape index (κ1) is 13.8. The second kappa shape index (κ2) is 5.69. The standard InChI is InChI=1S/C16H19N3O2/c17-13-9-15(18-14-4-2-1-3-12(13)14)16(21)19-7-5-11(10-19)6-8-20/h1-4,9,11,20H,5-8,10H2,(H2,17,18). The molecule has 2 aromatic rings. The number of carbonyl (C=O) groups excluding carboxylic acids is 1. The number of anilines is 1. The highest BCUT2D eigenvalue weighted by Gasteiger charge is 2.27. The second-order valence-electron chi connectivity index (χ2n) is 5.53. The summed E-state index contributed by atoms with van der Waals surface area (Å²) in [5.41, 5.74) is 7.74. The number of aromatic nitrogens is 1. The Hall–Kier alpha value is -2.14. The van der Waals surface area contributed by atoms with Gasteiger partial charge in [-0.2, -0.15) is 0 Å². The van der Waals surface area contributed by atoms with Crippen LogP contribution in [0, 0.1) is 5.92 Å². The number of carbonyl (C=O) groups is 1. The summed E-state index contributed by atoms with van der Waals surface area (Å²) in [6.45, 7) is 1.58. The topological polar surface area (TPSA) is 79.5 Å². The lowest BCUT2D eigenvalue weighted by atomic mass is 10.1. The van der Waals surface area contributed by atoms with Gasteiger partial charge < -0.3 is 15.7 Å². The zero-order valence-electron chi connectivity index (χ0n) is 11.8. The SMILES string of the molecule is Nc1cc(C(=O)N2CCC(CCO)C2)nc2ccccc12. The van der Waals surface area contributed by atoms with E-state index in [2.05, 4.69) is 4.98 Å². The molecule has 110 valence electrons. The average Bonchev–Trinajstić information content (AvgIpc) is 2.95. The van der Waals surface area contributed by atoms with Gasteiger partial charge in [0.15, 0.2) is 0 Å². The molecule has 0 bridgehead atoms. The van der Waals surface area contributed by atoms with Crippen LogP contribution in [0.3, 0.4) is 0 Å². The Kier molecular flexibility index (Phi) is 3.75. The summed E-state index contributed by atoms with van der Waals surface area (Å²) < 4.78 is 0. The number of rotatable bonds is 3. The van der Waals surface area contributed by atoms with Crippen molar-refractivity contribution in [3.63, 3.8) is 0 Å². The Labute approximate surface area is 123 Å². The zero-order valence-corrected chi connectivity index (χ0v) is 11.8. The van der Waals surface area contributed by atoms with Gasteiger partial charge in [-0.3, -0.25) is 4.79 Å². The minimum atomic E-state index is -0.0760. The maximum Gasteiger partial charge on any atom is 0.272 e. The molecule has 1 aromatic heterocycles. The molecule has 1 aromatic carbocycles. The van der Waals surface area contributed by atoms with Crippen LogP contribution in [0.1, 0.15) is 23.3 Å². The lowest BCUT2D eigenvalue weighted by Gasteiger charge is -2.16. The van der Waals surface area contributed by atoms with Crippen molar-refractivity contribution in [2.24, 2.45) is 5.92 Å². The molecule has 3 N–H and O–H groups in total. The number of para-hydroxylation sites is 1. The Balaban J connectivity index is 1.85. The molecular weight excluding hydrogens is 266 g/mol. The van der Waals surface area contributed by atoms with Crippen molar-refractivity contribution >= 4 is 22.5 Å². The molecule has 1 amide bonds. The minimum Gasteiger partial charge on any atom is -0.398 e. The van der Waals surface area contributed by atoms with Crippen LogP contribution in [-0.4, -0.2) is 40.6 Å². The zero-order chi connectivity index (χ0) is 14.8. The van der Waals surface area contributed by atoms with E-state index in [1.807, 2.05) is 24.3 Å². The first-order valence-corrected chi connectivity index (χ1v) is 7.24. The van der Waals surface area contributed by atoms with E-state index in [-0.39, 0.29) is 12.5 Å². The summed E-state index contributed by atoms with van der Waals surface area (Å²) >= 11 is 0. The van der Waals surface area contributed by atoms with E-state index in [0.717, 1.165) is 30.3 Å².